The molecule has 2 aliphatic heterocycles. The molecule has 0 spiro atoms. The molecule has 5 rings (SSSR count). The average Bonchev–Trinajstić information content (AvgIpc) is 3.13. The number of carbonyl (C=O) groups excluding carboxylic acids is 3. The third kappa shape index (κ3) is 3.72. The SMILES string of the molecule is CC(=O)N=C1C=C2C(=C/C1=C1/C(=O)C(c3cc4c(cc3NC(C)=O)N(C)C(C)C4(C)C)=C1O)C(C)(C)C(C)N2C. The summed E-state index contributed by atoms with van der Waals surface area (Å²) < 4.78 is 0. The van der Waals surface area contributed by atoms with E-state index < -0.39 is 5.91 Å². The van der Waals surface area contributed by atoms with Crippen molar-refractivity contribution < 1.29 is 19.5 Å². The van der Waals surface area contributed by atoms with Crippen LogP contribution in [0.25, 0.3) is 5.57 Å². The predicted octanol–water partition coefficient (Wildman–Crippen LogP) is 5.08. The van der Waals surface area contributed by atoms with E-state index in [1.807, 2.05) is 38.4 Å². The number of ketones is 1. The summed E-state index contributed by atoms with van der Waals surface area (Å²) in [7, 11) is 4.02. The molecule has 0 bridgehead atoms. The summed E-state index contributed by atoms with van der Waals surface area (Å²) in [5, 5.41) is 14.4. The number of aliphatic hydroxyl groups excluding tert-OH is 1. The van der Waals surface area contributed by atoms with Crippen molar-refractivity contribution in [3.05, 3.63) is 63.6 Å². The largest absolute Gasteiger partial charge is 0.506 e. The molecule has 2 unspecified atom stereocenters. The second kappa shape index (κ2) is 8.78. The van der Waals surface area contributed by atoms with E-state index in [2.05, 4.69) is 61.7 Å². The predicted molar refractivity (Wildman–Crippen MR) is 159 cm³/mol. The fourth-order valence-electron chi connectivity index (χ4n) is 6.48. The number of aliphatic hydroxyl groups is 1. The van der Waals surface area contributed by atoms with E-state index in [0.29, 0.717) is 22.5 Å². The third-order valence-electron chi connectivity index (χ3n) is 9.70. The molecule has 2 atom stereocenters. The first-order chi connectivity index (χ1) is 18.5. The van der Waals surface area contributed by atoms with Crippen molar-refractivity contribution in [1.29, 1.82) is 0 Å². The van der Waals surface area contributed by atoms with Gasteiger partial charge in [-0.25, -0.2) is 4.99 Å². The second-order valence-electron chi connectivity index (χ2n) is 12.6. The average molecular weight is 543 g/mol. The first kappa shape index (κ1) is 27.6. The van der Waals surface area contributed by atoms with Crippen molar-refractivity contribution in [1.82, 2.24) is 4.90 Å². The summed E-state index contributed by atoms with van der Waals surface area (Å²) in [6, 6.07) is 4.18. The van der Waals surface area contributed by atoms with E-state index in [1.165, 1.54) is 13.8 Å². The molecule has 40 heavy (non-hydrogen) atoms. The van der Waals surface area contributed by atoms with Crippen molar-refractivity contribution in [2.75, 3.05) is 24.3 Å². The molecule has 1 aromatic rings. The van der Waals surface area contributed by atoms with E-state index in [1.54, 1.807) is 0 Å². The van der Waals surface area contributed by atoms with Gasteiger partial charge in [-0.3, -0.25) is 14.4 Å². The van der Waals surface area contributed by atoms with Gasteiger partial charge in [0.2, 0.25) is 17.6 Å². The van der Waals surface area contributed by atoms with Crippen molar-refractivity contribution in [2.45, 2.75) is 72.9 Å². The number of nitrogens with one attached hydrogen (secondary N) is 1. The summed E-state index contributed by atoms with van der Waals surface area (Å²) >= 11 is 0. The number of Topliss-reactive ketones (excluding diaryl/α,β-unsaturated/α-hetero) is 1. The fourth-order valence-corrected chi connectivity index (χ4v) is 6.48. The number of rotatable bonds is 2. The Balaban J connectivity index is 1.73. The van der Waals surface area contributed by atoms with E-state index in [4.69, 9.17) is 0 Å². The van der Waals surface area contributed by atoms with Gasteiger partial charge in [0.25, 0.3) is 0 Å². The highest BCUT2D eigenvalue weighted by Crippen LogP contribution is 2.52. The molecule has 0 aromatic heterocycles. The molecule has 8 heteroatoms. The number of fused-ring (bicyclic) bond motifs is 2. The number of hydrogen-bond donors (Lipinski definition) is 2. The zero-order chi connectivity index (χ0) is 29.6. The summed E-state index contributed by atoms with van der Waals surface area (Å²) in [5.41, 5.74) is 5.57. The van der Waals surface area contributed by atoms with Gasteiger partial charge >= 0.3 is 0 Å². The number of allylic oxidation sites excluding steroid dienone is 6. The van der Waals surface area contributed by atoms with E-state index in [0.717, 1.165) is 22.5 Å². The molecular formula is C32H38N4O4. The van der Waals surface area contributed by atoms with Crippen LogP contribution in [0.1, 0.15) is 66.5 Å². The lowest BCUT2D eigenvalue weighted by Gasteiger charge is -2.29. The van der Waals surface area contributed by atoms with Crippen LogP contribution < -0.4 is 10.2 Å². The Bertz CT molecular complexity index is 1570. The van der Waals surface area contributed by atoms with Crippen LogP contribution in [-0.4, -0.2) is 59.5 Å². The number of benzene rings is 1. The topological polar surface area (TPSA) is 102 Å². The number of carbonyl (C=O) groups is 3. The molecular weight excluding hydrogens is 504 g/mol. The summed E-state index contributed by atoms with van der Waals surface area (Å²) in [5.74, 6) is -1.17. The van der Waals surface area contributed by atoms with Gasteiger partial charge < -0.3 is 20.2 Å². The molecule has 1 aromatic carbocycles. The fraction of sp³-hybridized carbons (Fsp3) is 0.438. The highest BCUT2D eigenvalue weighted by molar-refractivity contribution is 6.42. The van der Waals surface area contributed by atoms with Crippen molar-refractivity contribution in [3.63, 3.8) is 0 Å². The van der Waals surface area contributed by atoms with Crippen LogP contribution in [0, 0.1) is 5.41 Å². The normalized spacial score (nSPS) is 27.4. The first-order valence-corrected chi connectivity index (χ1v) is 13.7. The van der Waals surface area contributed by atoms with Crippen molar-refractivity contribution in [3.8, 4) is 0 Å². The highest BCUT2D eigenvalue weighted by atomic mass is 16.3. The molecule has 2 N–H and O–H groups in total. The van der Waals surface area contributed by atoms with Gasteiger partial charge in [-0.05, 0) is 49.3 Å². The Labute approximate surface area is 235 Å². The van der Waals surface area contributed by atoms with Gasteiger partial charge in [-0.1, -0.05) is 27.7 Å². The van der Waals surface area contributed by atoms with Gasteiger partial charge in [0, 0.05) is 73.4 Å². The molecule has 4 aliphatic rings. The number of anilines is 2. The molecule has 1 saturated heterocycles. The lowest BCUT2D eigenvalue weighted by molar-refractivity contribution is -0.116. The molecule has 0 saturated carbocycles. The van der Waals surface area contributed by atoms with E-state index in [9.17, 15) is 19.5 Å². The maximum Gasteiger partial charge on any atom is 0.243 e. The lowest BCUT2D eigenvalue weighted by atomic mass is 9.73. The van der Waals surface area contributed by atoms with Crippen LogP contribution >= 0.6 is 0 Å². The second-order valence-corrected chi connectivity index (χ2v) is 12.6. The molecule has 210 valence electrons. The molecule has 2 amide bonds. The zero-order valence-electron chi connectivity index (χ0n) is 25.0. The van der Waals surface area contributed by atoms with Crippen LogP contribution in [0.15, 0.2) is 57.5 Å². The smallest absolute Gasteiger partial charge is 0.243 e. The first-order valence-electron chi connectivity index (χ1n) is 13.7. The summed E-state index contributed by atoms with van der Waals surface area (Å²) in [6.45, 7) is 15.6. The van der Waals surface area contributed by atoms with Gasteiger partial charge in [0.05, 0.1) is 22.5 Å². The van der Waals surface area contributed by atoms with Gasteiger partial charge in [-0.2, -0.15) is 0 Å². The van der Waals surface area contributed by atoms with E-state index >= 15 is 0 Å². The number of nitrogens with zero attached hydrogens (tertiary/aromatic N) is 3. The Hall–Kier alpha value is -3.94. The van der Waals surface area contributed by atoms with Crippen LogP contribution in [0.5, 0.6) is 0 Å². The minimum atomic E-state index is -0.391. The third-order valence-corrected chi connectivity index (χ3v) is 9.70. The number of aliphatic imine (C=N–C) groups is 1. The maximum atomic E-state index is 13.9. The Kier molecular flexibility index (Phi) is 6.06. The van der Waals surface area contributed by atoms with Gasteiger partial charge in [0.15, 0.2) is 0 Å². The van der Waals surface area contributed by atoms with Crippen LogP contribution in [0.4, 0.5) is 11.4 Å². The van der Waals surface area contributed by atoms with Crippen LogP contribution in [0.3, 0.4) is 0 Å². The van der Waals surface area contributed by atoms with Gasteiger partial charge in [0.1, 0.15) is 5.76 Å². The van der Waals surface area contributed by atoms with Crippen LogP contribution in [0.2, 0.25) is 0 Å². The van der Waals surface area contributed by atoms with E-state index in [-0.39, 0.29) is 51.5 Å². The molecule has 1 fully saturated rings. The Morgan fingerprint density at radius 3 is 2.15 bits per heavy atom. The van der Waals surface area contributed by atoms with Gasteiger partial charge in [-0.15, -0.1) is 0 Å². The monoisotopic (exact) mass is 542 g/mol. The van der Waals surface area contributed by atoms with Crippen molar-refractivity contribution >= 4 is 40.3 Å². The standard InChI is InChI=1S/C32H38N4O4/c1-15-31(5,6)21-11-19(23(33-17(3)37)13-25(21)35(15)9)27-29(39)28(30(27)40)20-12-22-26(14-24(20)34-18(4)38)36(10)16(2)32(22,7)8/h11-16,39H,1-10H3,(H,33,37)/b28-20-,34-24?. The molecule has 8 nitrogen and oxygen atoms in total. The zero-order valence-corrected chi connectivity index (χ0v) is 25.0. The number of amides is 2. The van der Waals surface area contributed by atoms with Crippen molar-refractivity contribution in [2.24, 2.45) is 10.4 Å². The molecule has 0 radical (unpaired) electrons. The Morgan fingerprint density at radius 2 is 1.57 bits per heavy atom. The summed E-state index contributed by atoms with van der Waals surface area (Å²) in [6.07, 6.45) is 3.73. The minimum absolute atomic E-state index is 0.134. The molecule has 2 heterocycles. The molecule has 2 aliphatic carbocycles. The number of likely N-dealkylation sites (tertiary alicyclic amines) is 1. The maximum absolute atomic E-state index is 13.9. The van der Waals surface area contributed by atoms with Crippen LogP contribution in [-0.2, 0) is 19.8 Å². The number of likely N-dealkylation sites (N-methyl/N-ethyl adjacent to an activating group) is 2. The lowest BCUT2D eigenvalue weighted by Crippen LogP contribution is -2.36. The number of hydrogen-bond acceptors (Lipinski definition) is 6. The quantitative estimate of drug-likeness (QED) is 0.506. The minimum Gasteiger partial charge on any atom is -0.506 e. The Morgan fingerprint density at radius 1 is 0.950 bits per heavy atom. The summed E-state index contributed by atoms with van der Waals surface area (Å²) in [4.78, 5) is 46.7. The highest BCUT2D eigenvalue weighted by Gasteiger charge is 2.47.